The maximum absolute atomic E-state index is 13.3. The van der Waals surface area contributed by atoms with Gasteiger partial charge in [-0.3, -0.25) is 0 Å². The summed E-state index contributed by atoms with van der Waals surface area (Å²) in [5, 5.41) is 3.07. The Hall–Kier alpha value is -1.96. The molecule has 0 amide bonds. The largest absolute Gasteiger partial charge is 0.451 e. The quantitative estimate of drug-likeness (QED) is 0.679. The lowest BCUT2D eigenvalue weighted by Gasteiger charge is -2.13. The molecule has 0 saturated carbocycles. The van der Waals surface area contributed by atoms with E-state index in [9.17, 15) is 17.6 Å². The Kier molecular flexibility index (Phi) is 4.80. The van der Waals surface area contributed by atoms with Gasteiger partial charge in [0.15, 0.2) is 0 Å². The maximum Gasteiger partial charge on any atom is 0.451 e. The molecule has 0 radical (unpaired) electrons. The molecule has 120 valence electrons. The number of anilines is 1. The van der Waals surface area contributed by atoms with Crippen molar-refractivity contribution >= 4 is 16.7 Å². The summed E-state index contributed by atoms with van der Waals surface area (Å²) >= 11 is 0. The van der Waals surface area contributed by atoms with Crippen LogP contribution in [0.2, 0.25) is 0 Å². The van der Waals surface area contributed by atoms with Crippen molar-refractivity contribution < 1.29 is 17.6 Å². The Morgan fingerprint density at radius 3 is 2.55 bits per heavy atom. The number of nitrogens with zero attached hydrogens (tertiary/aromatic N) is 3. The predicted molar refractivity (Wildman–Crippen MR) is 76.2 cm³/mol. The fourth-order valence-corrected chi connectivity index (χ4v) is 1.96. The normalized spacial score (nSPS) is 12.1. The van der Waals surface area contributed by atoms with Gasteiger partial charge in [-0.05, 0) is 45.3 Å². The molecule has 0 aliphatic carbocycles. The fourth-order valence-electron chi connectivity index (χ4n) is 1.96. The minimum absolute atomic E-state index is 0.00409. The molecule has 1 N–H and O–H groups in total. The summed E-state index contributed by atoms with van der Waals surface area (Å²) in [6.07, 6.45) is -3.93. The van der Waals surface area contributed by atoms with E-state index < -0.39 is 17.8 Å². The number of alkyl halides is 3. The van der Waals surface area contributed by atoms with E-state index in [2.05, 4.69) is 15.3 Å². The Labute approximate surface area is 125 Å². The van der Waals surface area contributed by atoms with Crippen LogP contribution >= 0.6 is 0 Å². The molecule has 0 fully saturated rings. The smallest absolute Gasteiger partial charge is 0.369 e. The van der Waals surface area contributed by atoms with E-state index in [-0.39, 0.29) is 16.7 Å². The highest BCUT2D eigenvalue weighted by molar-refractivity contribution is 5.89. The third-order valence-electron chi connectivity index (χ3n) is 2.99. The fraction of sp³-hybridized carbons (Fsp3) is 0.429. The number of benzene rings is 1. The van der Waals surface area contributed by atoms with E-state index >= 15 is 0 Å². The highest BCUT2D eigenvalue weighted by atomic mass is 19.4. The number of nitrogens with one attached hydrogen (secondary N) is 1. The lowest BCUT2D eigenvalue weighted by Crippen LogP contribution is -2.18. The summed E-state index contributed by atoms with van der Waals surface area (Å²) in [5.74, 6) is -1.79. The van der Waals surface area contributed by atoms with Crippen LogP contribution in [0.25, 0.3) is 10.9 Å². The van der Waals surface area contributed by atoms with Crippen molar-refractivity contribution in [1.82, 2.24) is 14.9 Å². The van der Waals surface area contributed by atoms with Crippen molar-refractivity contribution in [3.63, 3.8) is 0 Å². The first-order chi connectivity index (χ1) is 10.3. The highest BCUT2D eigenvalue weighted by Crippen LogP contribution is 2.30. The molecule has 8 heteroatoms. The Balaban J connectivity index is 2.34. The number of fused-ring (bicyclic) bond motifs is 1. The van der Waals surface area contributed by atoms with Crippen LogP contribution in [0.4, 0.5) is 23.4 Å². The molecule has 2 aromatic rings. The first-order valence-corrected chi connectivity index (χ1v) is 6.70. The van der Waals surface area contributed by atoms with E-state index in [4.69, 9.17) is 0 Å². The van der Waals surface area contributed by atoms with Crippen LogP contribution < -0.4 is 5.32 Å². The Bertz CT molecular complexity index is 655. The summed E-state index contributed by atoms with van der Waals surface area (Å²) in [6, 6.07) is 3.42. The van der Waals surface area contributed by atoms with Crippen molar-refractivity contribution in [2.75, 3.05) is 32.5 Å². The number of hydrogen-bond donors (Lipinski definition) is 1. The second-order valence-corrected chi connectivity index (χ2v) is 5.14. The van der Waals surface area contributed by atoms with Crippen LogP contribution in [0.1, 0.15) is 12.2 Å². The molecular weight excluding hydrogens is 300 g/mol. The number of halogens is 4. The summed E-state index contributed by atoms with van der Waals surface area (Å²) in [7, 11) is 3.80. The van der Waals surface area contributed by atoms with Crippen molar-refractivity contribution in [3.05, 3.63) is 29.8 Å². The zero-order valence-electron chi connectivity index (χ0n) is 12.2. The number of hydrogen-bond acceptors (Lipinski definition) is 4. The molecule has 0 saturated heterocycles. The lowest BCUT2D eigenvalue weighted by molar-refractivity contribution is -0.144. The van der Waals surface area contributed by atoms with Gasteiger partial charge in [-0.2, -0.15) is 13.2 Å². The molecule has 1 aromatic carbocycles. The summed E-state index contributed by atoms with van der Waals surface area (Å²) in [5.41, 5.74) is 0.0545. The van der Waals surface area contributed by atoms with Gasteiger partial charge in [0.1, 0.15) is 11.6 Å². The molecule has 0 atom stereocenters. The lowest BCUT2D eigenvalue weighted by atomic mass is 10.2. The van der Waals surface area contributed by atoms with Crippen LogP contribution in [-0.2, 0) is 6.18 Å². The Morgan fingerprint density at radius 1 is 1.18 bits per heavy atom. The minimum Gasteiger partial charge on any atom is -0.369 e. The zero-order chi connectivity index (χ0) is 16.3. The van der Waals surface area contributed by atoms with Gasteiger partial charge in [-0.1, -0.05) is 0 Å². The molecule has 0 unspecified atom stereocenters. The van der Waals surface area contributed by atoms with Crippen molar-refractivity contribution in [1.29, 1.82) is 0 Å². The van der Waals surface area contributed by atoms with Gasteiger partial charge in [0.05, 0.1) is 5.52 Å². The summed E-state index contributed by atoms with van der Waals surface area (Å²) in [6.45, 7) is 1.20. The molecule has 0 aliphatic rings. The number of rotatable bonds is 5. The van der Waals surface area contributed by atoms with E-state index in [1.165, 1.54) is 6.07 Å². The third kappa shape index (κ3) is 4.03. The van der Waals surface area contributed by atoms with E-state index in [1.54, 1.807) is 0 Å². The van der Waals surface area contributed by atoms with E-state index in [0.717, 1.165) is 25.1 Å². The van der Waals surface area contributed by atoms with Crippen molar-refractivity contribution in [2.24, 2.45) is 0 Å². The molecule has 0 aliphatic heterocycles. The average molecular weight is 316 g/mol. The van der Waals surface area contributed by atoms with Crippen molar-refractivity contribution in [2.45, 2.75) is 12.6 Å². The van der Waals surface area contributed by atoms with Gasteiger partial charge in [0.2, 0.25) is 5.82 Å². The predicted octanol–water partition coefficient (Wildman–Crippen LogP) is 3.15. The molecule has 0 bridgehead atoms. The molecule has 0 spiro atoms. The number of aromatic nitrogens is 2. The van der Waals surface area contributed by atoms with Gasteiger partial charge in [0, 0.05) is 11.9 Å². The highest BCUT2D eigenvalue weighted by Gasteiger charge is 2.35. The molecule has 22 heavy (non-hydrogen) atoms. The second-order valence-electron chi connectivity index (χ2n) is 5.14. The van der Waals surface area contributed by atoms with Crippen LogP contribution in [0.5, 0.6) is 0 Å². The van der Waals surface area contributed by atoms with Gasteiger partial charge in [-0.25, -0.2) is 14.4 Å². The van der Waals surface area contributed by atoms with Crippen LogP contribution in [0.3, 0.4) is 0 Å². The van der Waals surface area contributed by atoms with Crippen molar-refractivity contribution in [3.8, 4) is 0 Å². The summed E-state index contributed by atoms with van der Waals surface area (Å²) in [4.78, 5) is 8.92. The maximum atomic E-state index is 13.3. The molecule has 4 nitrogen and oxygen atoms in total. The molecule has 2 rings (SSSR count). The van der Waals surface area contributed by atoms with Gasteiger partial charge < -0.3 is 10.2 Å². The third-order valence-corrected chi connectivity index (χ3v) is 2.99. The minimum atomic E-state index is -4.65. The topological polar surface area (TPSA) is 41.0 Å². The first kappa shape index (κ1) is 16.4. The van der Waals surface area contributed by atoms with Crippen LogP contribution in [0.15, 0.2) is 18.2 Å². The van der Waals surface area contributed by atoms with Gasteiger partial charge in [-0.15, -0.1) is 0 Å². The zero-order valence-corrected chi connectivity index (χ0v) is 12.2. The standard InChI is InChI=1S/C14H16F4N4/c1-22(2)7-3-6-19-12-10-8-9(15)4-5-11(10)20-13(21-12)14(16,17)18/h4-5,8H,3,6-7H2,1-2H3,(H,19,20,21). The second kappa shape index (κ2) is 6.43. The van der Waals surface area contributed by atoms with Gasteiger partial charge in [0.25, 0.3) is 0 Å². The SMILES string of the molecule is CN(C)CCCNc1nc(C(F)(F)F)nc2ccc(F)cc12. The summed E-state index contributed by atoms with van der Waals surface area (Å²) < 4.78 is 51.8. The Morgan fingerprint density at radius 2 is 1.91 bits per heavy atom. The van der Waals surface area contributed by atoms with Gasteiger partial charge >= 0.3 is 6.18 Å². The molecule has 1 heterocycles. The molecular formula is C14H16F4N4. The van der Waals surface area contributed by atoms with Crippen LogP contribution in [-0.4, -0.2) is 42.1 Å². The molecule has 1 aromatic heterocycles. The van der Waals surface area contributed by atoms with Crippen LogP contribution in [0, 0.1) is 5.82 Å². The average Bonchev–Trinajstić information content (AvgIpc) is 2.42. The van der Waals surface area contributed by atoms with E-state index in [0.29, 0.717) is 6.54 Å². The van der Waals surface area contributed by atoms with E-state index in [1.807, 2.05) is 19.0 Å². The monoisotopic (exact) mass is 316 g/mol. The first-order valence-electron chi connectivity index (χ1n) is 6.70.